The van der Waals surface area contributed by atoms with Gasteiger partial charge < -0.3 is 0 Å². The Hall–Kier alpha value is -1.67. The molecule has 0 bridgehead atoms. The minimum absolute atomic E-state index is 0.612. The third-order valence-electron chi connectivity index (χ3n) is 2.92. The van der Waals surface area contributed by atoms with Gasteiger partial charge in [0.15, 0.2) is 0 Å². The van der Waals surface area contributed by atoms with Gasteiger partial charge in [-0.15, -0.1) is 0 Å². The van der Waals surface area contributed by atoms with Crippen LogP contribution >= 0.6 is 0 Å². The topological polar surface area (TPSA) is 17.1 Å². The number of benzene rings is 2. The molecule has 0 radical (unpaired) electrons. The summed E-state index contributed by atoms with van der Waals surface area (Å²) in [6.07, 6.45) is 4.92. The van der Waals surface area contributed by atoms with Crippen molar-refractivity contribution in [3.05, 3.63) is 53.6 Å². The standard InChI is InChI=1S/C14H10OS/c15-16-14-7-3-6-12-8-10-4-1-2-5-11(10)9-13(12)14/h1-6,8-9H,7H2. The van der Waals surface area contributed by atoms with Crippen LogP contribution < -0.4 is 0 Å². The Labute approximate surface area is 97.5 Å². The minimum atomic E-state index is 0.612. The third-order valence-corrected chi connectivity index (χ3v) is 3.51. The molecule has 0 saturated carbocycles. The first kappa shape index (κ1) is 9.55. The number of allylic oxidation sites excluding steroid dienone is 1. The predicted octanol–water partition coefficient (Wildman–Crippen LogP) is 2.99. The fraction of sp³-hybridized carbons (Fsp3) is 0.0714. The van der Waals surface area contributed by atoms with Gasteiger partial charge in [0.05, 0.1) is 16.1 Å². The summed E-state index contributed by atoms with van der Waals surface area (Å²) in [6.45, 7) is 0. The van der Waals surface area contributed by atoms with Gasteiger partial charge in [-0.2, -0.15) is 0 Å². The highest BCUT2D eigenvalue weighted by Crippen LogP contribution is 2.25. The van der Waals surface area contributed by atoms with E-state index in [1.807, 2.05) is 12.1 Å². The molecule has 78 valence electrons. The zero-order valence-corrected chi connectivity index (χ0v) is 9.46. The molecule has 3 rings (SSSR count). The monoisotopic (exact) mass is 226 g/mol. The molecule has 2 aromatic rings. The number of fused-ring (bicyclic) bond motifs is 2. The highest BCUT2D eigenvalue weighted by atomic mass is 32.1. The van der Waals surface area contributed by atoms with Gasteiger partial charge in [-0.3, -0.25) is 0 Å². The van der Waals surface area contributed by atoms with Crippen molar-refractivity contribution in [3.63, 3.8) is 0 Å². The van der Waals surface area contributed by atoms with Crippen LogP contribution in [0.3, 0.4) is 0 Å². The van der Waals surface area contributed by atoms with Gasteiger partial charge in [0, 0.05) is 6.42 Å². The molecule has 0 aliphatic heterocycles. The Kier molecular flexibility index (Phi) is 2.22. The molecule has 0 fully saturated rings. The summed E-state index contributed by atoms with van der Waals surface area (Å²) in [6, 6.07) is 12.5. The normalized spacial score (nSPS) is 13.9. The molecule has 0 N–H and O–H groups in total. The largest absolute Gasteiger partial charge is 0.212 e. The van der Waals surface area contributed by atoms with E-state index in [9.17, 15) is 4.21 Å². The van der Waals surface area contributed by atoms with Crippen molar-refractivity contribution in [2.24, 2.45) is 0 Å². The van der Waals surface area contributed by atoms with Crippen LogP contribution in [0.25, 0.3) is 16.8 Å². The van der Waals surface area contributed by atoms with Gasteiger partial charge in [0.25, 0.3) is 0 Å². The average molecular weight is 226 g/mol. The van der Waals surface area contributed by atoms with E-state index in [0.29, 0.717) is 11.3 Å². The number of hydrogen-bond donors (Lipinski definition) is 0. The van der Waals surface area contributed by atoms with Crippen molar-refractivity contribution < 1.29 is 4.21 Å². The molecule has 0 atom stereocenters. The van der Waals surface area contributed by atoms with Crippen molar-refractivity contribution in [3.8, 4) is 0 Å². The van der Waals surface area contributed by atoms with Gasteiger partial charge in [-0.05, 0) is 34.0 Å². The van der Waals surface area contributed by atoms with Crippen LogP contribution in [0.2, 0.25) is 0 Å². The van der Waals surface area contributed by atoms with E-state index in [-0.39, 0.29) is 0 Å². The maximum atomic E-state index is 11.0. The molecule has 1 nitrogen and oxygen atoms in total. The van der Waals surface area contributed by atoms with Crippen molar-refractivity contribution in [1.82, 2.24) is 0 Å². The second-order valence-electron chi connectivity index (χ2n) is 3.90. The molecule has 2 aromatic carbocycles. The Morgan fingerprint density at radius 1 is 1.06 bits per heavy atom. The van der Waals surface area contributed by atoms with E-state index < -0.39 is 0 Å². The first-order valence-corrected chi connectivity index (χ1v) is 5.98. The van der Waals surface area contributed by atoms with Crippen molar-refractivity contribution in [2.45, 2.75) is 6.42 Å². The zero-order valence-electron chi connectivity index (χ0n) is 8.64. The van der Waals surface area contributed by atoms with E-state index in [0.717, 1.165) is 22.4 Å². The van der Waals surface area contributed by atoms with Crippen LogP contribution in [-0.2, 0) is 11.3 Å². The second-order valence-corrected chi connectivity index (χ2v) is 4.56. The highest BCUT2D eigenvalue weighted by molar-refractivity contribution is 7.67. The van der Waals surface area contributed by atoms with Crippen LogP contribution in [-0.4, -0.2) is 9.07 Å². The fourth-order valence-corrected chi connectivity index (χ4v) is 2.55. The fourth-order valence-electron chi connectivity index (χ4n) is 2.12. The lowest BCUT2D eigenvalue weighted by Crippen LogP contribution is -2.05. The van der Waals surface area contributed by atoms with Crippen LogP contribution in [0.5, 0.6) is 0 Å². The van der Waals surface area contributed by atoms with Crippen LogP contribution in [0.15, 0.2) is 42.5 Å². The molecular formula is C14H10OS. The molecule has 0 heterocycles. The highest BCUT2D eigenvalue weighted by Gasteiger charge is 2.11. The molecule has 0 saturated heterocycles. The SMILES string of the molecule is O=S=C1CC=Cc2cc3ccccc3cc21. The lowest BCUT2D eigenvalue weighted by Gasteiger charge is -2.12. The molecular weight excluding hydrogens is 216 g/mol. The summed E-state index contributed by atoms with van der Waals surface area (Å²) in [5.74, 6) is 0. The Balaban J connectivity index is 2.39. The Bertz CT molecular complexity index is 649. The first-order chi connectivity index (χ1) is 7.88. The van der Waals surface area contributed by atoms with E-state index in [1.165, 1.54) is 10.8 Å². The molecule has 16 heavy (non-hydrogen) atoms. The predicted molar refractivity (Wildman–Crippen MR) is 69.9 cm³/mol. The molecule has 0 unspecified atom stereocenters. The molecule has 1 aliphatic carbocycles. The first-order valence-electron chi connectivity index (χ1n) is 5.24. The van der Waals surface area contributed by atoms with Crippen molar-refractivity contribution >= 4 is 33.0 Å². The lowest BCUT2D eigenvalue weighted by atomic mass is 9.94. The summed E-state index contributed by atoms with van der Waals surface area (Å²) >= 11 is 0.612. The van der Waals surface area contributed by atoms with Crippen LogP contribution in [0.4, 0.5) is 0 Å². The van der Waals surface area contributed by atoms with Gasteiger partial charge in [-0.25, -0.2) is 4.21 Å². The second kappa shape index (κ2) is 3.72. The molecule has 0 amide bonds. The van der Waals surface area contributed by atoms with Gasteiger partial charge in [0.1, 0.15) is 0 Å². The number of rotatable bonds is 0. The maximum absolute atomic E-state index is 11.0. The smallest absolute Gasteiger partial charge is 0.0930 e. The zero-order chi connectivity index (χ0) is 11.0. The lowest BCUT2D eigenvalue weighted by molar-refractivity contribution is 0.701. The molecule has 0 spiro atoms. The molecule has 2 heteroatoms. The molecule has 0 aromatic heterocycles. The van der Waals surface area contributed by atoms with E-state index in [1.54, 1.807) is 0 Å². The summed E-state index contributed by atoms with van der Waals surface area (Å²) in [4.78, 5) is 0.920. The Morgan fingerprint density at radius 2 is 1.81 bits per heavy atom. The Morgan fingerprint density at radius 3 is 2.56 bits per heavy atom. The molecule has 1 aliphatic rings. The van der Waals surface area contributed by atoms with Crippen molar-refractivity contribution in [2.75, 3.05) is 0 Å². The summed E-state index contributed by atoms with van der Waals surface area (Å²) in [5, 5.41) is 2.42. The summed E-state index contributed by atoms with van der Waals surface area (Å²) in [5.41, 5.74) is 2.25. The summed E-state index contributed by atoms with van der Waals surface area (Å²) < 4.78 is 11.0. The maximum Gasteiger partial charge on any atom is 0.0930 e. The minimum Gasteiger partial charge on any atom is -0.212 e. The van der Waals surface area contributed by atoms with Crippen LogP contribution in [0, 0.1) is 0 Å². The average Bonchev–Trinajstić information content (AvgIpc) is 2.35. The van der Waals surface area contributed by atoms with E-state index in [4.69, 9.17) is 0 Å². The van der Waals surface area contributed by atoms with Gasteiger partial charge in [0.2, 0.25) is 0 Å². The quantitative estimate of drug-likeness (QED) is 0.631. The van der Waals surface area contributed by atoms with Crippen molar-refractivity contribution in [1.29, 1.82) is 0 Å². The third kappa shape index (κ3) is 1.42. The van der Waals surface area contributed by atoms with E-state index >= 15 is 0 Å². The summed E-state index contributed by atoms with van der Waals surface area (Å²) in [7, 11) is 0. The number of hydrogen-bond acceptors (Lipinski definition) is 1. The van der Waals surface area contributed by atoms with Gasteiger partial charge >= 0.3 is 0 Å². The van der Waals surface area contributed by atoms with E-state index in [2.05, 4.69) is 36.4 Å². The van der Waals surface area contributed by atoms with Gasteiger partial charge in [-0.1, -0.05) is 36.4 Å². The van der Waals surface area contributed by atoms with Crippen LogP contribution in [0.1, 0.15) is 17.5 Å².